The van der Waals surface area contributed by atoms with Crippen molar-refractivity contribution in [3.63, 3.8) is 0 Å². The van der Waals surface area contributed by atoms with E-state index in [0.717, 1.165) is 5.56 Å². The van der Waals surface area contributed by atoms with E-state index in [4.69, 9.17) is 16.9 Å². The molecule has 2 unspecified atom stereocenters. The van der Waals surface area contributed by atoms with Crippen LogP contribution < -0.4 is 5.32 Å². The number of nitrogens with one attached hydrogen (secondary N) is 1. The molecule has 5 heteroatoms. The monoisotopic (exact) mass is 307 g/mol. The summed E-state index contributed by atoms with van der Waals surface area (Å²) in [7, 11) is 0. The van der Waals surface area contributed by atoms with Gasteiger partial charge in [-0.3, -0.25) is 4.79 Å². The summed E-state index contributed by atoms with van der Waals surface area (Å²) in [6.07, 6.45) is 0. The highest BCUT2D eigenvalue weighted by atomic mass is 35.5. The molecule has 0 aliphatic carbocycles. The molecule has 0 bridgehead atoms. The Bertz CT molecular complexity index is 495. The van der Waals surface area contributed by atoms with Crippen LogP contribution in [0.1, 0.15) is 32.4 Å². The third-order valence-corrected chi connectivity index (χ3v) is 3.63. The van der Waals surface area contributed by atoms with Crippen molar-refractivity contribution in [3.8, 4) is 6.07 Å². The Labute approximate surface area is 131 Å². The molecule has 1 aromatic carbocycles. The van der Waals surface area contributed by atoms with Crippen molar-refractivity contribution in [3.05, 3.63) is 34.9 Å². The van der Waals surface area contributed by atoms with E-state index >= 15 is 0 Å². The number of nitriles is 1. The predicted octanol–water partition coefficient (Wildman–Crippen LogP) is 3.00. The number of likely N-dealkylation sites (N-methyl/N-ethyl adjacent to an activating group) is 1. The third-order valence-electron chi connectivity index (χ3n) is 3.38. The Balaban J connectivity index is 2.51. The minimum absolute atomic E-state index is 0.0143. The van der Waals surface area contributed by atoms with Crippen molar-refractivity contribution in [1.29, 1.82) is 5.26 Å². The van der Waals surface area contributed by atoms with Crippen molar-refractivity contribution in [2.24, 2.45) is 5.92 Å². The molecule has 2 atom stereocenters. The van der Waals surface area contributed by atoms with Gasteiger partial charge in [0, 0.05) is 24.2 Å². The summed E-state index contributed by atoms with van der Waals surface area (Å²) in [5, 5.41) is 12.7. The first kappa shape index (κ1) is 17.5. The van der Waals surface area contributed by atoms with E-state index in [0.29, 0.717) is 18.1 Å². The van der Waals surface area contributed by atoms with Gasteiger partial charge < -0.3 is 10.2 Å². The lowest BCUT2D eigenvalue weighted by Gasteiger charge is -2.23. The Kier molecular flexibility index (Phi) is 7.21. The Morgan fingerprint density at radius 2 is 2.00 bits per heavy atom. The van der Waals surface area contributed by atoms with Crippen LogP contribution in [0.4, 0.5) is 0 Å². The Hall–Kier alpha value is -1.57. The average molecular weight is 308 g/mol. The number of amides is 1. The molecule has 0 saturated carbocycles. The first-order chi connectivity index (χ1) is 9.97. The molecule has 114 valence electrons. The molecule has 21 heavy (non-hydrogen) atoms. The highest BCUT2D eigenvalue weighted by Crippen LogP contribution is 2.15. The topological polar surface area (TPSA) is 56.1 Å². The molecule has 4 nitrogen and oxygen atoms in total. The molecule has 0 spiro atoms. The van der Waals surface area contributed by atoms with Gasteiger partial charge in [0.2, 0.25) is 5.91 Å². The first-order valence-electron chi connectivity index (χ1n) is 7.14. The second kappa shape index (κ2) is 8.66. The zero-order valence-electron chi connectivity index (χ0n) is 12.8. The molecule has 0 aliphatic rings. The van der Waals surface area contributed by atoms with E-state index in [1.165, 1.54) is 0 Å². The van der Waals surface area contributed by atoms with E-state index < -0.39 is 0 Å². The summed E-state index contributed by atoms with van der Waals surface area (Å²) in [6, 6.07) is 9.78. The van der Waals surface area contributed by atoms with Gasteiger partial charge in [-0.2, -0.15) is 5.26 Å². The van der Waals surface area contributed by atoms with Crippen molar-refractivity contribution in [1.82, 2.24) is 10.2 Å². The van der Waals surface area contributed by atoms with Crippen LogP contribution >= 0.6 is 11.6 Å². The minimum atomic E-state index is -0.150. The van der Waals surface area contributed by atoms with E-state index in [2.05, 4.69) is 11.4 Å². The van der Waals surface area contributed by atoms with Crippen molar-refractivity contribution in [2.45, 2.75) is 26.8 Å². The molecule has 1 amide bonds. The van der Waals surface area contributed by atoms with Crippen LogP contribution in [0, 0.1) is 17.2 Å². The number of benzene rings is 1. The number of carbonyl (C=O) groups excluding carboxylic acids is 1. The van der Waals surface area contributed by atoms with Crippen LogP contribution in [0.3, 0.4) is 0 Å². The highest BCUT2D eigenvalue weighted by Gasteiger charge is 2.15. The zero-order valence-corrected chi connectivity index (χ0v) is 13.5. The smallest absolute Gasteiger partial charge is 0.236 e. The number of hydrogen-bond donors (Lipinski definition) is 1. The lowest BCUT2D eigenvalue weighted by atomic mass is 10.1. The molecule has 1 N–H and O–H groups in total. The maximum absolute atomic E-state index is 12.1. The normalized spacial score (nSPS) is 13.3. The predicted molar refractivity (Wildman–Crippen MR) is 84.9 cm³/mol. The van der Waals surface area contributed by atoms with Gasteiger partial charge in [-0.25, -0.2) is 0 Å². The second-order valence-electron chi connectivity index (χ2n) is 5.12. The largest absolute Gasteiger partial charge is 0.341 e. The molecule has 0 fully saturated rings. The van der Waals surface area contributed by atoms with E-state index in [9.17, 15) is 4.79 Å². The van der Waals surface area contributed by atoms with Gasteiger partial charge in [0.05, 0.1) is 18.5 Å². The van der Waals surface area contributed by atoms with Gasteiger partial charge in [-0.15, -0.1) is 0 Å². The summed E-state index contributed by atoms with van der Waals surface area (Å²) in [4.78, 5) is 13.9. The second-order valence-corrected chi connectivity index (χ2v) is 5.55. The number of nitrogens with zero attached hydrogens (tertiary/aromatic N) is 2. The van der Waals surface area contributed by atoms with Gasteiger partial charge >= 0.3 is 0 Å². The number of carbonyl (C=O) groups is 1. The van der Waals surface area contributed by atoms with E-state index in [1.807, 2.05) is 45.0 Å². The Morgan fingerprint density at radius 3 is 2.52 bits per heavy atom. The molecule has 1 aromatic rings. The number of rotatable bonds is 7. The molecular weight excluding hydrogens is 286 g/mol. The molecule has 0 heterocycles. The van der Waals surface area contributed by atoms with Crippen LogP contribution in [-0.2, 0) is 4.79 Å². The van der Waals surface area contributed by atoms with Crippen molar-refractivity contribution in [2.75, 3.05) is 19.6 Å². The molecule has 0 radical (unpaired) electrons. The molecule has 0 saturated heterocycles. The summed E-state index contributed by atoms with van der Waals surface area (Å²) in [5.74, 6) is -0.136. The maximum Gasteiger partial charge on any atom is 0.236 e. The van der Waals surface area contributed by atoms with Gasteiger partial charge in [0.25, 0.3) is 0 Å². The zero-order chi connectivity index (χ0) is 15.8. The van der Waals surface area contributed by atoms with Crippen LogP contribution in [-0.4, -0.2) is 30.4 Å². The molecule has 0 aromatic heterocycles. The SMILES string of the molecule is CCN(CC(C)C#N)C(=O)CNC(C)c1ccc(Cl)cc1. The van der Waals surface area contributed by atoms with Crippen molar-refractivity contribution >= 4 is 17.5 Å². The minimum Gasteiger partial charge on any atom is -0.341 e. The third kappa shape index (κ3) is 5.74. The summed E-state index contributed by atoms with van der Waals surface area (Å²) in [5.41, 5.74) is 1.08. The van der Waals surface area contributed by atoms with E-state index in [-0.39, 0.29) is 24.4 Å². The van der Waals surface area contributed by atoms with Crippen LogP contribution in [0.5, 0.6) is 0 Å². The van der Waals surface area contributed by atoms with Crippen LogP contribution in [0.2, 0.25) is 5.02 Å². The van der Waals surface area contributed by atoms with E-state index in [1.54, 1.807) is 4.90 Å². The van der Waals surface area contributed by atoms with Crippen LogP contribution in [0.15, 0.2) is 24.3 Å². The fraction of sp³-hybridized carbons (Fsp3) is 0.500. The Morgan fingerprint density at radius 1 is 1.38 bits per heavy atom. The highest BCUT2D eigenvalue weighted by molar-refractivity contribution is 6.30. The maximum atomic E-state index is 12.1. The molecule has 1 rings (SSSR count). The van der Waals surface area contributed by atoms with Crippen molar-refractivity contribution < 1.29 is 4.79 Å². The van der Waals surface area contributed by atoms with Crippen LogP contribution in [0.25, 0.3) is 0 Å². The summed E-state index contributed by atoms with van der Waals surface area (Å²) in [6.45, 7) is 7.09. The first-order valence-corrected chi connectivity index (χ1v) is 7.52. The van der Waals surface area contributed by atoms with Gasteiger partial charge in [0.15, 0.2) is 0 Å². The number of hydrogen-bond acceptors (Lipinski definition) is 3. The van der Waals surface area contributed by atoms with Gasteiger partial charge in [-0.05, 0) is 38.5 Å². The number of halogens is 1. The standard InChI is InChI=1S/C16H22ClN3O/c1-4-20(11-12(2)9-18)16(21)10-19-13(3)14-5-7-15(17)8-6-14/h5-8,12-13,19H,4,10-11H2,1-3H3. The summed E-state index contributed by atoms with van der Waals surface area (Å²) < 4.78 is 0. The average Bonchev–Trinajstić information content (AvgIpc) is 2.50. The lowest BCUT2D eigenvalue weighted by Crippen LogP contribution is -2.40. The fourth-order valence-corrected chi connectivity index (χ4v) is 2.13. The molecular formula is C16H22ClN3O. The fourth-order valence-electron chi connectivity index (χ4n) is 2.00. The molecule has 0 aliphatic heterocycles. The quantitative estimate of drug-likeness (QED) is 0.842. The van der Waals surface area contributed by atoms with Gasteiger partial charge in [0.1, 0.15) is 0 Å². The van der Waals surface area contributed by atoms with Gasteiger partial charge in [-0.1, -0.05) is 23.7 Å². The summed E-state index contributed by atoms with van der Waals surface area (Å²) >= 11 is 5.86. The lowest BCUT2D eigenvalue weighted by molar-refractivity contribution is -0.130.